The fourth-order valence-corrected chi connectivity index (χ4v) is 42.3. The second kappa shape index (κ2) is 11.5. The molecule has 0 nitrogen and oxygen atoms in total. The van der Waals surface area contributed by atoms with Crippen LogP contribution in [0.5, 0.6) is 0 Å². The van der Waals surface area contributed by atoms with Gasteiger partial charge in [0.2, 0.25) is 0 Å². The third-order valence-electron chi connectivity index (χ3n) is 11.6. The minimum absolute atomic E-state index is 0.0614. The zero-order valence-electron chi connectivity index (χ0n) is 28.5. The molecule has 6 aromatic rings. The third-order valence-corrected chi connectivity index (χ3v) is 63.8. The van der Waals surface area contributed by atoms with Crippen molar-refractivity contribution in [3.05, 3.63) is 154 Å². The number of hydrogen-bond donors (Lipinski definition) is 0. The SMILES string of the molecule is CC1=Cc2c(-c3cccc4ccccc34)ccc(C)c2[CH]1[Zr]([Cl])([Cl])([CH]1C(C)=Cc2c(-c3cccc4ccccc34)ccc(C)c21)[SiH](C)C. The maximum absolute atomic E-state index is 8.67. The van der Waals surface area contributed by atoms with Crippen molar-refractivity contribution < 1.29 is 15.6 Å². The van der Waals surface area contributed by atoms with E-state index in [0.717, 1.165) is 0 Å². The monoisotopic (exact) mass is 757 g/mol. The van der Waals surface area contributed by atoms with Crippen LogP contribution in [0.4, 0.5) is 0 Å². The van der Waals surface area contributed by atoms with E-state index in [1.165, 1.54) is 88.3 Å². The number of halogens is 2. The average molecular weight is 760 g/mol. The summed E-state index contributed by atoms with van der Waals surface area (Å²) < 4.78 is 0.123. The van der Waals surface area contributed by atoms with E-state index in [4.69, 9.17) is 17.0 Å². The molecule has 0 saturated carbocycles. The molecular weight excluding hydrogens is 719 g/mol. The summed E-state index contributed by atoms with van der Waals surface area (Å²) in [7, 11) is 17.3. The van der Waals surface area contributed by atoms with E-state index in [-0.39, 0.29) is 7.25 Å². The van der Waals surface area contributed by atoms with E-state index < -0.39 is 21.5 Å². The van der Waals surface area contributed by atoms with Crippen molar-refractivity contribution in [2.75, 3.05) is 0 Å². The molecular formula is C44H41Cl2SiZr. The van der Waals surface area contributed by atoms with Crippen LogP contribution in [0.2, 0.25) is 13.1 Å². The van der Waals surface area contributed by atoms with E-state index >= 15 is 0 Å². The molecule has 239 valence electrons. The van der Waals surface area contributed by atoms with Crippen LogP contribution in [-0.2, 0) is 15.6 Å². The topological polar surface area (TPSA) is 0 Å². The molecule has 0 fully saturated rings. The summed E-state index contributed by atoms with van der Waals surface area (Å²) in [4.78, 5) is 0. The molecule has 0 heterocycles. The number of fused-ring (bicyclic) bond motifs is 4. The van der Waals surface area contributed by atoms with Gasteiger partial charge >= 0.3 is 296 Å². The van der Waals surface area contributed by atoms with E-state index in [9.17, 15) is 0 Å². The van der Waals surface area contributed by atoms with Crippen LogP contribution in [-0.4, -0.2) is 5.92 Å². The molecule has 0 saturated heterocycles. The van der Waals surface area contributed by atoms with Gasteiger partial charge in [0.15, 0.2) is 0 Å². The Morgan fingerprint density at radius 2 is 0.875 bits per heavy atom. The molecule has 2 unspecified atom stereocenters. The van der Waals surface area contributed by atoms with Crippen molar-refractivity contribution in [2.45, 2.75) is 48.0 Å². The molecule has 2 aliphatic rings. The Labute approximate surface area is 293 Å². The van der Waals surface area contributed by atoms with Crippen molar-refractivity contribution in [3.63, 3.8) is 0 Å². The van der Waals surface area contributed by atoms with Gasteiger partial charge in [-0.3, -0.25) is 0 Å². The van der Waals surface area contributed by atoms with E-state index in [1.807, 2.05) is 0 Å². The first-order chi connectivity index (χ1) is 23.0. The zero-order chi connectivity index (χ0) is 33.6. The van der Waals surface area contributed by atoms with Gasteiger partial charge in [-0.2, -0.15) is 0 Å². The molecule has 4 heteroatoms. The summed E-state index contributed by atoms with van der Waals surface area (Å²) in [5, 5.41) is 5.07. The summed E-state index contributed by atoms with van der Waals surface area (Å²) in [5.74, 6) is -1.66. The maximum atomic E-state index is 8.67. The van der Waals surface area contributed by atoms with Crippen molar-refractivity contribution in [2.24, 2.45) is 0 Å². The molecule has 48 heavy (non-hydrogen) atoms. The molecule has 2 aliphatic carbocycles. The predicted molar refractivity (Wildman–Crippen MR) is 212 cm³/mol. The van der Waals surface area contributed by atoms with Crippen LogP contribution in [0.3, 0.4) is 0 Å². The number of aryl methyl sites for hydroxylation is 2. The summed E-state index contributed by atoms with van der Waals surface area (Å²) in [5.41, 5.74) is 15.7. The average Bonchev–Trinajstić information content (AvgIpc) is 3.64. The molecule has 2 atom stereocenters. The Morgan fingerprint density at radius 1 is 0.479 bits per heavy atom. The first-order valence-electron chi connectivity index (χ1n) is 17.2. The van der Waals surface area contributed by atoms with Gasteiger partial charge in [-0.25, -0.2) is 0 Å². The van der Waals surface area contributed by atoms with Crippen LogP contribution in [0.15, 0.2) is 120 Å². The number of allylic oxidation sites excluding steroid dienone is 2. The van der Waals surface area contributed by atoms with Gasteiger partial charge in [-0.1, -0.05) is 0 Å². The van der Waals surface area contributed by atoms with Gasteiger partial charge < -0.3 is 0 Å². The quantitative estimate of drug-likeness (QED) is 0.154. The van der Waals surface area contributed by atoms with E-state index in [1.54, 1.807) is 0 Å². The van der Waals surface area contributed by atoms with Gasteiger partial charge in [0.1, 0.15) is 0 Å². The van der Waals surface area contributed by atoms with Crippen LogP contribution in [0.25, 0.3) is 56.0 Å². The number of rotatable bonds is 5. The molecule has 8 rings (SSSR count). The first-order valence-corrected chi connectivity index (χ1v) is 33.5. The Morgan fingerprint density at radius 3 is 1.29 bits per heavy atom. The molecule has 0 aliphatic heterocycles. The molecule has 0 bridgehead atoms. The zero-order valence-corrected chi connectivity index (χ0v) is 33.7. The molecule has 0 amide bonds. The molecule has 0 radical (unpaired) electrons. The minimum atomic E-state index is -4.87. The normalized spacial score (nSPS) is 18.1. The molecule has 6 aromatic carbocycles. The molecule has 0 aromatic heterocycles. The predicted octanol–water partition coefficient (Wildman–Crippen LogP) is 13.5. The second-order valence-electron chi connectivity index (χ2n) is 14.6. The summed E-state index contributed by atoms with van der Waals surface area (Å²) in [6.45, 7) is 14.0. The fourth-order valence-electron chi connectivity index (χ4n) is 9.29. The molecule has 0 N–H and O–H groups in total. The van der Waals surface area contributed by atoms with E-state index in [0.29, 0.717) is 0 Å². The van der Waals surface area contributed by atoms with Gasteiger partial charge in [0, 0.05) is 0 Å². The van der Waals surface area contributed by atoms with Crippen molar-refractivity contribution in [1.29, 1.82) is 0 Å². The summed E-state index contributed by atoms with van der Waals surface area (Å²) in [6, 6.07) is 40.0. The van der Waals surface area contributed by atoms with Crippen LogP contribution in [0.1, 0.15) is 54.5 Å². The summed E-state index contributed by atoms with van der Waals surface area (Å²) in [6.07, 6.45) is 4.88. The Kier molecular flexibility index (Phi) is 7.74. The second-order valence-corrected chi connectivity index (χ2v) is 57.1. The van der Waals surface area contributed by atoms with Gasteiger partial charge in [-0.15, -0.1) is 0 Å². The Hall–Kier alpha value is -3.00. The fraction of sp³-hybridized carbons (Fsp3) is 0.182. The van der Waals surface area contributed by atoms with Crippen molar-refractivity contribution >= 4 is 56.6 Å². The first kappa shape index (κ1) is 32.2. The van der Waals surface area contributed by atoms with Gasteiger partial charge in [0.25, 0.3) is 0 Å². The molecule has 0 spiro atoms. The van der Waals surface area contributed by atoms with Crippen molar-refractivity contribution in [1.82, 2.24) is 0 Å². The van der Waals surface area contributed by atoms with Crippen LogP contribution < -0.4 is 0 Å². The van der Waals surface area contributed by atoms with Gasteiger partial charge in [0.05, 0.1) is 0 Å². The standard InChI is InChI=1S/2C21H17.C2H7Si.2ClH.Zr/c2*1-14-12-20-15(2)10-11-19(21(20)13-14)18-9-5-7-16-6-3-4-8-17(16)18;1-3-2;;;/h2*3-13H,1-2H3;3H,1-2H3;2*1H;/q;;;;;+2/p-2. The van der Waals surface area contributed by atoms with E-state index in [2.05, 4.69) is 162 Å². The van der Waals surface area contributed by atoms with Crippen molar-refractivity contribution in [3.8, 4) is 22.3 Å². The van der Waals surface area contributed by atoms with Crippen LogP contribution >= 0.6 is 17.0 Å². The Bertz CT molecular complexity index is 2210. The summed E-state index contributed by atoms with van der Waals surface area (Å²) >= 11 is -4.87. The van der Waals surface area contributed by atoms with Crippen LogP contribution in [0, 0.1) is 13.8 Å². The Balaban J connectivity index is 1.36. The van der Waals surface area contributed by atoms with Gasteiger partial charge in [-0.05, 0) is 0 Å². The third kappa shape index (κ3) is 4.56. The number of benzene rings is 6. The number of hydrogen-bond acceptors (Lipinski definition) is 0.